The summed E-state index contributed by atoms with van der Waals surface area (Å²) in [5.41, 5.74) is 0.878. The average molecular weight is 370 g/mol. The summed E-state index contributed by atoms with van der Waals surface area (Å²) in [5.74, 6) is 0.0474. The summed E-state index contributed by atoms with van der Waals surface area (Å²) >= 11 is 0. The van der Waals surface area contributed by atoms with Crippen molar-refractivity contribution in [3.8, 4) is 11.8 Å². The van der Waals surface area contributed by atoms with Crippen molar-refractivity contribution in [1.82, 2.24) is 5.32 Å². The highest BCUT2D eigenvalue weighted by atomic mass is 19.4. The van der Waals surface area contributed by atoms with Crippen molar-refractivity contribution in [2.45, 2.75) is 50.7 Å². The van der Waals surface area contributed by atoms with Gasteiger partial charge in [0.15, 0.2) is 0 Å². The molecule has 0 radical (unpaired) electrons. The number of carbonyl (C=O) groups excluding carboxylic acids is 2. The number of carbonyl (C=O) groups is 2. The van der Waals surface area contributed by atoms with E-state index in [0.717, 1.165) is 5.56 Å². The molecule has 0 aromatic heterocycles. The predicted octanol–water partition coefficient (Wildman–Crippen LogP) is 3.33. The van der Waals surface area contributed by atoms with Gasteiger partial charge in [-0.3, -0.25) is 4.79 Å². The summed E-state index contributed by atoms with van der Waals surface area (Å²) in [6.07, 6.45) is -3.56. The van der Waals surface area contributed by atoms with Crippen LogP contribution in [0.5, 0.6) is 5.75 Å². The van der Waals surface area contributed by atoms with Gasteiger partial charge in [0, 0.05) is 18.9 Å². The van der Waals surface area contributed by atoms with Crippen molar-refractivity contribution in [1.29, 1.82) is 5.26 Å². The first-order valence-electron chi connectivity index (χ1n) is 8.22. The monoisotopic (exact) mass is 370 g/mol. The third-order valence-corrected chi connectivity index (χ3v) is 3.54. The van der Waals surface area contributed by atoms with Gasteiger partial charge in [-0.25, -0.2) is 0 Å². The molecule has 0 fully saturated rings. The molecule has 1 amide bonds. The molecule has 0 aliphatic carbocycles. The van der Waals surface area contributed by atoms with Crippen molar-refractivity contribution in [3.63, 3.8) is 0 Å². The van der Waals surface area contributed by atoms with E-state index in [9.17, 15) is 22.8 Å². The number of aldehydes is 1. The molecule has 0 heterocycles. The number of rotatable bonds is 11. The summed E-state index contributed by atoms with van der Waals surface area (Å²) in [6, 6.07) is 8.32. The van der Waals surface area contributed by atoms with Crippen LogP contribution in [0.4, 0.5) is 13.2 Å². The van der Waals surface area contributed by atoms with Crippen LogP contribution in [0, 0.1) is 11.3 Å². The number of hydrogen-bond donors (Lipinski definition) is 1. The normalized spacial score (nSPS) is 12.1. The molecule has 0 saturated carbocycles. The summed E-state index contributed by atoms with van der Waals surface area (Å²) < 4.78 is 41.6. The van der Waals surface area contributed by atoms with Crippen LogP contribution in [0.15, 0.2) is 24.3 Å². The van der Waals surface area contributed by atoms with E-state index in [1.807, 2.05) is 6.07 Å². The molecular weight excluding hydrogens is 349 g/mol. The summed E-state index contributed by atoms with van der Waals surface area (Å²) in [7, 11) is 0. The summed E-state index contributed by atoms with van der Waals surface area (Å²) in [5, 5.41) is 11.1. The van der Waals surface area contributed by atoms with E-state index in [2.05, 4.69) is 5.32 Å². The quantitative estimate of drug-likeness (QED) is 0.479. The lowest BCUT2D eigenvalue weighted by Crippen LogP contribution is -2.35. The SMILES string of the molecule is N#CCC(=O)N[C@H](CC=O)CCc1cccc(OCCCC(F)(F)F)c1. The van der Waals surface area contributed by atoms with Crippen LogP contribution in [-0.2, 0) is 16.0 Å². The number of nitrogens with one attached hydrogen (secondary N) is 1. The first kappa shape index (κ1) is 21.5. The van der Waals surface area contributed by atoms with Crippen LogP contribution in [-0.4, -0.2) is 31.0 Å². The highest BCUT2D eigenvalue weighted by Crippen LogP contribution is 2.22. The zero-order chi connectivity index (χ0) is 19.4. The zero-order valence-corrected chi connectivity index (χ0v) is 14.2. The topological polar surface area (TPSA) is 79.2 Å². The van der Waals surface area contributed by atoms with Gasteiger partial charge in [0.25, 0.3) is 0 Å². The minimum atomic E-state index is -4.19. The minimum Gasteiger partial charge on any atom is -0.494 e. The summed E-state index contributed by atoms with van der Waals surface area (Å²) in [6.45, 7) is -0.0268. The number of amides is 1. The second kappa shape index (κ2) is 11.1. The van der Waals surface area contributed by atoms with Crippen LogP contribution in [0.3, 0.4) is 0 Å². The number of aryl methyl sites for hydroxylation is 1. The van der Waals surface area contributed by atoms with Gasteiger partial charge in [0.05, 0.1) is 12.7 Å². The maximum absolute atomic E-state index is 12.1. The molecule has 1 aromatic carbocycles. The second-order valence-electron chi connectivity index (χ2n) is 5.75. The largest absolute Gasteiger partial charge is 0.494 e. The molecule has 0 aliphatic heterocycles. The van der Waals surface area contributed by atoms with Crippen LogP contribution in [0.1, 0.15) is 37.7 Å². The van der Waals surface area contributed by atoms with Gasteiger partial charge in [-0.05, 0) is 37.0 Å². The number of nitriles is 1. The Kier molecular flexibility index (Phi) is 9.20. The molecule has 8 heteroatoms. The number of benzene rings is 1. The third kappa shape index (κ3) is 9.67. The van der Waals surface area contributed by atoms with Gasteiger partial charge in [0.1, 0.15) is 18.5 Å². The number of nitrogens with zero attached hydrogens (tertiary/aromatic N) is 1. The van der Waals surface area contributed by atoms with Gasteiger partial charge in [-0.1, -0.05) is 12.1 Å². The highest BCUT2D eigenvalue weighted by molar-refractivity contribution is 5.78. The number of hydrogen-bond acceptors (Lipinski definition) is 4. The Bertz CT molecular complexity index is 627. The first-order chi connectivity index (χ1) is 12.3. The second-order valence-corrected chi connectivity index (χ2v) is 5.75. The molecule has 26 heavy (non-hydrogen) atoms. The van der Waals surface area contributed by atoms with Gasteiger partial charge < -0.3 is 14.8 Å². The summed E-state index contributed by atoms with van der Waals surface area (Å²) in [4.78, 5) is 22.2. The molecule has 0 saturated heterocycles. The standard InChI is InChI=1S/C18H21F3N2O3/c19-18(20,21)9-2-12-26-16-4-1-3-14(13-16)5-6-15(8-11-24)23-17(25)7-10-22/h1,3-4,11,13,15H,2,5-9,12H2,(H,23,25)/t15-/m0/s1. The minimum absolute atomic E-state index is 0.0268. The Morgan fingerprint density at radius 1 is 1.38 bits per heavy atom. The number of halogens is 3. The Morgan fingerprint density at radius 3 is 2.81 bits per heavy atom. The van der Waals surface area contributed by atoms with Crippen LogP contribution in [0.25, 0.3) is 0 Å². The molecular formula is C18H21F3N2O3. The Morgan fingerprint density at radius 2 is 2.15 bits per heavy atom. The Balaban J connectivity index is 2.49. The molecule has 1 aromatic rings. The van der Waals surface area contributed by atoms with E-state index in [0.29, 0.717) is 24.9 Å². The lowest BCUT2D eigenvalue weighted by atomic mass is 10.0. The first-order valence-corrected chi connectivity index (χ1v) is 8.22. The van der Waals surface area contributed by atoms with Crippen molar-refractivity contribution in [2.24, 2.45) is 0 Å². The van der Waals surface area contributed by atoms with E-state index >= 15 is 0 Å². The third-order valence-electron chi connectivity index (χ3n) is 3.54. The maximum Gasteiger partial charge on any atom is 0.389 e. The van der Waals surface area contributed by atoms with Gasteiger partial charge in [0.2, 0.25) is 5.91 Å². The van der Waals surface area contributed by atoms with Crippen LogP contribution < -0.4 is 10.1 Å². The van der Waals surface area contributed by atoms with Crippen LogP contribution >= 0.6 is 0 Å². The maximum atomic E-state index is 12.1. The smallest absolute Gasteiger partial charge is 0.389 e. The van der Waals surface area contributed by atoms with Crippen molar-refractivity contribution < 1.29 is 27.5 Å². The zero-order valence-electron chi connectivity index (χ0n) is 14.2. The van der Waals surface area contributed by atoms with Crippen LogP contribution in [0.2, 0.25) is 0 Å². The van der Waals surface area contributed by atoms with Gasteiger partial charge >= 0.3 is 6.18 Å². The van der Waals surface area contributed by atoms with E-state index in [-0.39, 0.29) is 31.9 Å². The van der Waals surface area contributed by atoms with Gasteiger partial charge in [-0.15, -0.1) is 0 Å². The molecule has 1 atom stereocenters. The fourth-order valence-corrected chi connectivity index (χ4v) is 2.31. The Labute approximate surface area is 150 Å². The van der Waals surface area contributed by atoms with Gasteiger partial charge in [-0.2, -0.15) is 18.4 Å². The number of ether oxygens (including phenoxy) is 1. The molecule has 5 nitrogen and oxygen atoms in total. The lowest BCUT2D eigenvalue weighted by Gasteiger charge is -2.16. The van der Waals surface area contributed by atoms with Crippen molar-refractivity contribution >= 4 is 12.2 Å². The van der Waals surface area contributed by atoms with E-state index < -0.39 is 18.5 Å². The molecule has 1 rings (SSSR count). The van der Waals surface area contributed by atoms with Crippen molar-refractivity contribution in [2.75, 3.05) is 6.61 Å². The predicted molar refractivity (Wildman–Crippen MR) is 88.4 cm³/mol. The highest BCUT2D eigenvalue weighted by Gasteiger charge is 2.26. The molecule has 1 N–H and O–H groups in total. The molecule has 0 spiro atoms. The molecule has 0 aliphatic rings. The van der Waals surface area contributed by atoms with E-state index in [1.165, 1.54) is 0 Å². The fourth-order valence-electron chi connectivity index (χ4n) is 2.31. The number of alkyl halides is 3. The average Bonchev–Trinajstić information content (AvgIpc) is 2.57. The van der Waals surface area contributed by atoms with E-state index in [1.54, 1.807) is 24.3 Å². The molecule has 0 unspecified atom stereocenters. The lowest BCUT2D eigenvalue weighted by molar-refractivity contribution is -0.136. The van der Waals surface area contributed by atoms with Crippen molar-refractivity contribution in [3.05, 3.63) is 29.8 Å². The Hall–Kier alpha value is -2.56. The van der Waals surface area contributed by atoms with E-state index in [4.69, 9.17) is 10.00 Å². The molecule has 142 valence electrons. The molecule has 0 bridgehead atoms. The fraction of sp³-hybridized carbons (Fsp3) is 0.500.